The maximum absolute atomic E-state index is 12.4. The molecule has 1 aromatic carbocycles. The average Bonchev–Trinajstić information content (AvgIpc) is 2.47. The van der Waals surface area contributed by atoms with Crippen LogP contribution in [-0.2, 0) is 4.79 Å². The number of anilines is 2. The molecule has 0 aliphatic carbocycles. The molecule has 0 bridgehead atoms. The van der Waals surface area contributed by atoms with E-state index in [0.29, 0.717) is 18.3 Å². The SMILES string of the molecule is CCN1CCN(CC(=O)N(C)c2ccc(N)cc2)CC1C. The molecule has 5 nitrogen and oxygen atoms in total. The number of nitrogens with two attached hydrogens (primary N) is 1. The summed E-state index contributed by atoms with van der Waals surface area (Å²) < 4.78 is 0. The van der Waals surface area contributed by atoms with E-state index < -0.39 is 0 Å². The highest BCUT2D eigenvalue weighted by Gasteiger charge is 2.24. The lowest BCUT2D eigenvalue weighted by atomic mass is 10.2. The Morgan fingerprint density at radius 1 is 1.33 bits per heavy atom. The molecule has 116 valence electrons. The van der Waals surface area contributed by atoms with E-state index in [1.807, 2.05) is 31.3 Å². The molecule has 2 rings (SSSR count). The van der Waals surface area contributed by atoms with E-state index in [1.54, 1.807) is 4.90 Å². The summed E-state index contributed by atoms with van der Waals surface area (Å²) in [5.41, 5.74) is 7.27. The van der Waals surface area contributed by atoms with Gasteiger partial charge in [0.1, 0.15) is 0 Å². The number of hydrogen-bond acceptors (Lipinski definition) is 4. The number of nitrogens with zero attached hydrogens (tertiary/aromatic N) is 3. The second kappa shape index (κ2) is 6.91. The molecule has 2 N–H and O–H groups in total. The lowest BCUT2D eigenvalue weighted by Crippen LogP contribution is -2.53. The normalized spacial score (nSPS) is 20.4. The number of hydrogen-bond donors (Lipinski definition) is 1. The zero-order chi connectivity index (χ0) is 15.4. The predicted molar refractivity (Wildman–Crippen MR) is 87.4 cm³/mol. The zero-order valence-electron chi connectivity index (χ0n) is 13.2. The molecule has 0 radical (unpaired) electrons. The minimum absolute atomic E-state index is 0.122. The van der Waals surface area contributed by atoms with Gasteiger partial charge in [0, 0.05) is 44.1 Å². The molecule has 1 aliphatic heterocycles. The van der Waals surface area contributed by atoms with Crippen molar-refractivity contribution in [2.24, 2.45) is 0 Å². The first-order valence-electron chi connectivity index (χ1n) is 7.59. The lowest BCUT2D eigenvalue weighted by Gasteiger charge is -2.39. The van der Waals surface area contributed by atoms with Crippen LogP contribution in [0.1, 0.15) is 13.8 Å². The Bertz CT molecular complexity index is 474. The zero-order valence-corrected chi connectivity index (χ0v) is 13.2. The molecule has 21 heavy (non-hydrogen) atoms. The molecule has 1 atom stereocenters. The largest absolute Gasteiger partial charge is 0.399 e. The number of likely N-dealkylation sites (N-methyl/N-ethyl adjacent to an activating group) is 2. The van der Waals surface area contributed by atoms with Gasteiger partial charge in [-0.25, -0.2) is 0 Å². The third-order valence-corrected chi connectivity index (χ3v) is 4.27. The van der Waals surface area contributed by atoms with Gasteiger partial charge in [0.25, 0.3) is 0 Å². The highest BCUT2D eigenvalue weighted by molar-refractivity contribution is 5.94. The van der Waals surface area contributed by atoms with Crippen LogP contribution in [0.15, 0.2) is 24.3 Å². The fourth-order valence-electron chi connectivity index (χ4n) is 2.82. The summed E-state index contributed by atoms with van der Waals surface area (Å²) in [4.78, 5) is 18.8. The minimum Gasteiger partial charge on any atom is -0.399 e. The number of nitrogen functional groups attached to an aromatic ring is 1. The van der Waals surface area contributed by atoms with Crippen molar-refractivity contribution in [3.05, 3.63) is 24.3 Å². The Balaban J connectivity index is 1.91. The van der Waals surface area contributed by atoms with Gasteiger partial charge in [-0.05, 0) is 37.7 Å². The van der Waals surface area contributed by atoms with Crippen molar-refractivity contribution in [2.75, 3.05) is 50.4 Å². The van der Waals surface area contributed by atoms with Gasteiger partial charge in [-0.15, -0.1) is 0 Å². The number of amides is 1. The third kappa shape index (κ3) is 3.95. The van der Waals surface area contributed by atoms with Gasteiger partial charge in [-0.1, -0.05) is 6.92 Å². The summed E-state index contributed by atoms with van der Waals surface area (Å²) in [6, 6.07) is 7.91. The molecule has 0 spiro atoms. The molecule has 5 heteroatoms. The molecule has 1 unspecified atom stereocenters. The summed E-state index contributed by atoms with van der Waals surface area (Å²) in [5, 5.41) is 0. The van der Waals surface area contributed by atoms with Gasteiger partial charge >= 0.3 is 0 Å². The van der Waals surface area contributed by atoms with E-state index in [9.17, 15) is 4.79 Å². The second-order valence-corrected chi connectivity index (χ2v) is 5.76. The molecular formula is C16H26N4O. The standard InChI is InChI=1S/C16H26N4O/c1-4-20-10-9-19(11-13(20)2)12-16(21)18(3)15-7-5-14(17)6-8-15/h5-8,13H,4,9-12,17H2,1-3H3. The predicted octanol–water partition coefficient (Wildman–Crippen LogP) is 1.26. The number of piperazine rings is 1. The molecule has 1 saturated heterocycles. The molecule has 0 saturated carbocycles. The van der Waals surface area contributed by atoms with Crippen LogP contribution in [0.25, 0.3) is 0 Å². The Kier molecular flexibility index (Phi) is 5.20. The smallest absolute Gasteiger partial charge is 0.240 e. The Labute approximate surface area is 127 Å². The minimum atomic E-state index is 0.122. The fraction of sp³-hybridized carbons (Fsp3) is 0.562. The summed E-state index contributed by atoms with van der Waals surface area (Å²) in [7, 11) is 1.82. The Morgan fingerprint density at radius 3 is 2.57 bits per heavy atom. The van der Waals surface area contributed by atoms with Crippen molar-refractivity contribution >= 4 is 17.3 Å². The molecule has 1 fully saturated rings. The van der Waals surface area contributed by atoms with Gasteiger partial charge < -0.3 is 10.6 Å². The maximum atomic E-state index is 12.4. The van der Waals surface area contributed by atoms with Gasteiger partial charge in [0.05, 0.1) is 6.54 Å². The van der Waals surface area contributed by atoms with Gasteiger partial charge in [-0.2, -0.15) is 0 Å². The van der Waals surface area contributed by atoms with Crippen molar-refractivity contribution in [1.82, 2.24) is 9.80 Å². The van der Waals surface area contributed by atoms with Crippen LogP contribution in [0.4, 0.5) is 11.4 Å². The highest BCUT2D eigenvalue weighted by Crippen LogP contribution is 2.16. The van der Waals surface area contributed by atoms with Crippen LogP contribution >= 0.6 is 0 Å². The van der Waals surface area contributed by atoms with E-state index in [-0.39, 0.29) is 5.91 Å². The molecule has 1 aliphatic rings. The first-order valence-corrected chi connectivity index (χ1v) is 7.59. The van der Waals surface area contributed by atoms with Crippen LogP contribution in [-0.4, -0.2) is 61.5 Å². The average molecular weight is 290 g/mol. The van der Waals surface area contributed by atoms with Crippen molar-refractivity contribution < 1.29 is 4.79 Å². The van der Waals surface area contributed by atoms with Crippen LogP contribution in [0.3, 0.4) is 0 Å². The van der Waals surface area contributed by atoms with Gasteiger partial charge in [0.2, 0.25) is 5.91 Å². The number of carbonyl (C=O) groups is 1. The van der Waals surface area contributed by atoms with Crippen LogP contribution in [0.5, 0.6) is 0 Å². The second-order valence-electron chi connectivity index (χ2n) is 5.76. The van der Waals surface area contributed by atoms with E-state index >= 15 is 0 Å². The summed E-state index contributed by atoms with van der Waals surface area (Å²) in [6.45, 7) is 8.91. The molecule has 1 aromatic rings. The van der Waals surface area contributed by atoms with Crippen LogP contribution in [0.2, 0.25) is 0 Å². The highest BCUT2D eigenvalue weighted by atomic mass is 16.2. The summed E-state index contributed by atoms with van der Waals surface area (Å²) >= 11 is 0. The molecular weight excluding hydrogens is 264 g/mol. The lowest BCUT2D eigenvalue weighted by molar-refractivity contribution is -0.120. The monoisotopic (exact) mass is 290 g/mol. The van der Waals surface area contributed by atoms with Crippen molar-refractivity contribution in [3.8, 4) is 0 Å². The molecule has 0 aromatic heterocycles. The number of benzene rings is 1. The Morgan fingerprint density at radius 2 is 2.00 bits per heavy atom. The summed E-state index contributed by atoms with van der Waals surface area (Å²) in [6.07, 6.45) is 0. The fourth-order valence-corrected chi connectivity index (χ4v) is 2.82. The van der Waals surface area contributed by atoms with Crippen molar-refractivity contribution in [1.29, 1.82) is 0 Å². The van der Waals surface area contributed by atoms with E-state index in [4.69, 9.17) is 5.73 Å². The van der Waals surface area contributed by atoms with E-state index in [2.05, 4.69) is 23.6 Å². The van der Waals surface area contributed by atoms with E-state index in [1.165, 1.54) is 0 Å². The first kappa shape index (κ1) is 15.8. The van der Waals surface area contributed by atoms with Crippen molar-refractivity contribution in [2.45, 2.75) is 19.9 Å². The van der Waals surface area contributed by atoms with Crippen LogP contribution < -0.4 is 10.6 Å². The van der Waals surface area contributed by atoms with E-state index in [0.717, 1.165) is 31.9 Å². The quantitative estimate of drug-likeness (QED) is 0.848. The van der Waals surface area contributed by atoms with Gasteiger partial charge in [-0.3, -0.25) is 14.6 Å². The topological polar surface area (TPSA) is 52.8 Å². The number of carbonyl (C=O) groups excluding carboxylic acids is 1. The first-order chi connectivity index (χ1) is 10.0. The van der Waals surface area contributed by atoms with Crippen LogP contribution in [0, 0.1) is 0 Å². The maximum Gasteiger partial charge on any atom is 0.240 e. The van der Waals surface area contributed by atoms with Crippen molar-refractivity contribution in [3.63, 3.8) is 0 Å². The summed E-state index contributed by atoms with van der Waals surface area (Å²) in [5.74, 6) is 0.122. The Hall–Kier alpha value is -1.59. The number of rotatable bonds is 4. The third-order valence-electron chi connectivity index (χ3n) is 4.27. The molecule has 1 heterocycles. The molecule has 1 amide bonds. The van der Waals surface area contributed by atoms with Gasteiger partial charge in [0.15, 0.2) is 0 Å².